The van der Waals surface area contributed by atoms with Gasteiger partial charge in [0.25, 0.3) is 0 Å². The van der Waals surface area contributed by atoms with Crippen molar-refractivity contribution in [2.45, 2.75) is 38.5 Å². The first-order valence-corrected chi connectivity index (χ1v) is 13.2. The molecule has 2 aromatic rings. The van der Waals surface area contributed by atoms with Crippen LogP contribution in [-0.4, -0.2) is 68.6 Å². The fourth-order valence-corrected chi connectivity index (χ4v) is 5.70. The van der Waals surface area contributed by atoms with Crippen LogP contribution in [0.5, 0.6) is 28.7 Å². The molecule has 8 nitrogen and oxygen atoms in total. The van der Waals surface area contributed by atoms with E-state index in [0.717, 1.165) is 79.9 Å². The second-order valence-corrected chi connectivity index (χ2v) is 10.1. The number of carbonyl (C=O) groups excluding carboxylic acids is 1. The van der Waals surface area contributed by atoms with E-state index in [0.29, 0.717) is 18.9 Å². The highest BCUT2D eigenvalue weighted by Crippen LogP contribution is 2.37. The summed E-state index contributed by atoms with van der Waals surface area (Å²) in [7, 11) is 0. The number of rotatable bonds is 7. The predicted octanol–water partition coefficient (Wildman–Crippen LogP) is 4.06. The Kier molecular flexibility index (Phi) is 8.15. The molecule has 0 bridgehead atoms. The summed E-state index contributed by atoms with van der Waals surface area (Å²) in [5, 5.41) is 0. The Bertz CT molecular complexity index is 1110. The third-order valence-electron chi connectivity index (χ3n) is 7.60. The predicted molar refractivity (Wildman–Crippen MR) is 140 cm³/mol. The summed E-state index contributed by atoms with van der Waals surface area (Å²) in [6, 6.07) is 9.79. The van der Waals surface area contributed by atoms with Gasteiger partial charge in [0.1, 0.15) is 5.75 Å². The number of likely N-dealkylation sites (tertiary alicyclic amines) is 1. The lowest BCUT2D eigenvalue weighted by Gasteiger charge is -2.29. The van der Waals surface area contributed by atoms with Gasteiger partial charge < -0.3 is 33.5 Å². The maximum absolute atomic E-state index is 13.1. The van der Waals surface area contributed by atoms with Crippen molar-refractivity contribution in [3.8, 4) is 28.7 Å². The third-order valence-corrected chi connectivity index (χ3v) is 7.60. The molecule has 4 aliphatic rings. The van der Waals surface area contributed by atoms with Gasteiger partial charge in [0.2, 0.25) is 19.5 Å². The molecule has 0 spiro atoms. The Morgan fingerprint density at radius 2 is 1.65 bits per heavy atom. The Morgan fingerprint density at radius 1 is 0.892 bits per heavy atom. The van der Waals surface area contributed by atoms with Crippen molar-refractivity contribution < 1.29 is 28.5 Å². The smallest absolute Gasteiger partial charge is 0.231 e. The highest BCUT2D eigenvalue weighted by molar-refractivity contribution is 5.85. The van der Waals surface area contributed by atoms with Crippen molar-refractivity contribution in [3.05, 3.63) is 41.5 Å². The zero-order valence-electron chi connectivity index (χ0n) is 21.1. The molecule has 1 unspecified atom stereocenters. The van der Waals surface area contributed by atoms with E-state index in [2.05, 4.69) is 15.9 Å². The van der Waals surface area contributed by atoms with Crippen LogP contribution in [0.4, 0.5) is 0 Å². The van der Waals surface area contributed by atoms with E-state index in [4.69, 9.17) is 23.7 Å². The SMILES string of the molecule is Cl.O=C1Cc2cc3c(cc2CCN1CC1CCCCN(CCCOc2ccc4c(c2)OCO4)C1)OCO3. The molecule has 2 aromatic carbocycles. The standard InChI is InChI=1S/C28H34N2O6.ClH/c31-28-14-22-13-26-25(34-19-35-26)12-21(22)7-10-30(28)17-20-4-1-2-8-29(16-20)9-3-11-32-23-5-6-24-27(15-23)36-18-33-24;/h5-6,12-13,15,20H,1-4,7-11,14,16-19H2;1H. The van der Waals surface area contributed by atoms with Crippen LogP contribution in [0.2, 0.25) is 0 Å². The van der Waals surface area contributed by atoms with Crippen LogP contribution in [-0.2, 0) is 17.6 Å². The van der Waals surface area contributed by atoms with Gasteiger partial charge in [-0.25, -0.2) is 0 Å². The first-order valence-electron chi connectivity index (χ1n) is 13.2. The molecule has 6 rings (SSSR count). The second-order valence-electron chi connectivity index (χ2n) is 10.1. The molecule has 1 amide bonds. The van der Waals surface area contributed by atoms with Crippen molar-refractivity contribution in [2.24, 2.45) is 5.92 Å². The fraction of sp³-hybridized carbons (Fsp3) is 0.536. The van der Waals surface area contributed by atoms with Gasteiger partial charge in [-0.2, -0.15) is 0 Å². The van der Waals surface area contributed by atoms with Gasteiger partial charge >= 0.3 is 0 Å². The van der Waals surface area contributed by atoms with Gasteiger partial charge in [-0.3, -0.25) is 4.79 Å². The highest BCUT2D eigenvalue weighted by atomic mass is 35.5. The maximum atomic E-state index is 13.1. The monoisotopic (exact) mass is 530 g/mol. The summed E-state index contributed by atoms with van der Waals surface area (Å²) >= 11 is 0. The normalized spacial score (nSPS) is 20.6. The molecule has 37 heavy (non-hydrogen) atoms. The lowest BCUT2D eigenvalue weighted by atomic mass is 10.0. The van der Waals surface area contributed by atoms with Crippen molar-refractivity contribution >= 4 is 18.3 Å². The Balaban J connectivity index is 0.00000280. The molecular formula is C28H35ClN2O6. The molecule has 1 atom stereocenters. The van der Waals surface area contributed by atoms with Crippen molar-refractivity contribution in [2.75, 3.05) is 52.9 Å². The number of hydrogen-bond donors (Lipinski definition) is 0. The largest absolute Gasteiger partial charge is 0.493 e. The van der Waals surface area contributed by atoms with Crippen molar-refractivity contribution in [1.82, 2.24) is 9.80 Å². The molecule has 1 saturated heterocycles. The van der Waals surface area contributed by atoms with Crippen LogP contribution in [0.3, 0.4) is 0 Å². The summed E-state index contributed by atoms with van der Waals surface area (Å²) in [6.45, 7) is 5.97. The maximum Gasteiger partial charge on any atom is 0.231 e. The minimum Gasteiger partial charge on any atom is -0.493 e. The number of amides is 1. The second kappa shape index (κ2) is 11.7. The van der Waals surface area contributed by atoms with E-state index >= 15 is 0 Å². The minimum absolute atomic E-state index is 0. The van der Waals surface area contributed by atoms with Gasteiger partial charge in [0.05, 0.1) is 13.0 Å². The molecule has 0 radical (unpaired) electrons. The van der Waals surface area contributed by atoms with Gasteiger partial charge in [0.15, 0.2) is 23.0 Å². The summed E-state index contributed by atoms with van der Waals surface area (Å²) < 4.78 is 27.8. The van der Waals surface area contributed by atoms with Crippen LogP contribution in [0.25, 0.3) is 0 Å². The van der Waals surface area contributed by atoms with Crippen LogP contribution >= 0.6 is 12.4 Å². The van der Waals surface area contributed by atoms with E-state index in [1.54, 1.807) is 0 Å². The van der Waals surface area contributed by atoms with Gasteiger partial charge in [-0.15, -0.1) is 12.4 Å². The Hall–Kier alpha value is -2.84. The zero-order valence-corrected chi connectivity index (χ0v) is 21.9. The van der Waals surface area contributed by atoms with Gasteiger partial charge in [-0.1, -0.05) is 6.42 Å². The quantitative estimate of drug-likeness (QED) is 0.500. The average molecular weight is 531 g/mol. The zero-order chi connectivity index (χ0) is 24.3. The van der Waals surface area contributed by atoms with Crippen LogP contribution in [0.1, 0.15) is 36.8 Å². The number of fused-ring (bicyclic) bond motifs is 3. The number of nitrogens with zero attached hydrogens (tertiary/aromatic N) is 2. The molecule has 1 fully saturated rings. The van der Waals surface area contributed by atoms with E-state index in [1.165, 1.54) is 24.8 Å². The number of benzene rings is 2. The summed E-state index contributed by atoms with van der Waals surface area (Å²) in [4.78, 5) is 17.8. The Morgan fingerprint density at radius 3 is 2.49 bits per heavy atom. The topological polar surface area (TPSA) is 69.7 Å². The first-order chi connectivity index (χ1) is 17.7. The molecular weight excluding hydrogens is 496 g/mol. The summed E-state index contributed by atoms with van der Waals surface area (Å²) in [6.07, 6.45) is 5.89. The van der Waals surface area contributed by atoms with E-state index < -0.39 is 0 Å². The molecule has 0 saturated carbocycles. The molecule has 0 aromatic heterocycles. The number of hydrogen-bond acceptors (Lipinski definition) is 7. The summed E-state index contributed by atoms with van der Waals surface area (Å²) in [5.41, 5.74) is 2.29. The highest BCUT2D eigenvalue weighted by Gasteiger charge is 2.27. The molecule has 9 heteroatoms. The van der Waals surface area contributed by atoms with Gasteiger partial charge in [-0.05, 0) is 73.5 Å². The van der Waals surface area contributed by atoms with Crippen molar-refractivity contribution in [3.63, 3.8) is 0 Å². The van der Waals surface area contributed by atoms with E-state index in [-0.39, 0.29) is 31.9 Å². The lowest BCUT2D eigenvalue weighted by molar-refractivity contribution is -0.130. The van der Waals surface area contributed by atoms with E-state index in [9.17, 15) is 4.79 Å². The minimum atomic E-state index is 0. The number of halogens is 1. The number of ether oxygens (including phenoxy) is 5. The Labute approximate surface area is 224 Å². The molecule has 200 valence electrons. The lowest BCUT2D eigenvalue weighted by Crippen LogP contribution is -2.40. The van der Waals surface area contributed by atoms with Crippen LogP contribution in [0, 0.1) is 5.92 Å². The summed E-state index contributed by atoms with van der Waals surface area (Å²) in [5.74, 6) is 4.63. The van der Waals surface area contributed by atoms with Crippen LogP contribution in [0.15, 0.2) is 30.3 Å². The molecule has 4 heterocycles. The molecule has 4 aliphatic heterocycles. The van der Waals surface area contributed by atoms with E-state index in [1.807, 2.05) is 24.3 Å². The van der Waals surface area contributed by atoms with Crippen molar-refractivity contribution in [1.29, 1.82) is 0 Å². The van der Waals surface area contributed by atoms with Gasteiger partial charge in [0, 0.05) is 32.2 Å². The average Bonchev–Trinajstić information content (AvgIpc) is 3.44. The molecule has 0 N–H and O–H groups in total. The fourth-order valence-electron chi connectivity index (χ4n) is 5.70. The first kappa shape index (κ1) is 25.8. The van der Waals surface area contributed by atoms with Crippen LogP contribution < -0.4 is 23.7 Å². The molecule has 0 aliphatic carbocycles. The number of carbonyl (C=O) groups is 1. The third kappa shape index (κ3) is 6.02.